The van der Waals surface area contributed by atoms with Crippen LogP contribution < -0.4 is 10.1 Å². The van der Waals surface area contributed by atoms with Crippen LogP contribution in [0.3, 0.4) is 0 Å². The molecule has 0 fully saturated rings. The average molecular weight is 314 g/mol. The Morgan fingerprint density at radius 2 is 1.95 bits per heavy atom. The minimum absolute atomic E-state index is 0. The molecule has 2 aromatic carbocycles. The summed E-state index contributed by atoms with van der Waals surface area (Å²) in [5.74, 6) is 0.524. The topological polar surface area (TPSA) is 21.3 Å². The largest absolute Gasteiger partial charge is 0.492 e. The summed E-state index contributed by atoms with van der Waals surface area (Å²) in [5, 5.41) is 3.92. The second-order valence-electron chi connectivity index (χ2n) is 4.44. The lowest BCUT2D eigenvalue weighted by molar-refractivity contribution is 0.325. The monoisotopic (exact) mass is 313 g/mol. The van der Waals surface area contributed by atoms with Crippen molar-refractivity contribution in [2.75, 3.05) is 13.2 Å². The SMILES string of the molecule is Cl.Fc1ccccc1C1NCCOc2ccc(Cl)cc21. The second kappa shape index (κ2) is 6.44. The highest BCUT2D eigenvalue weighted by molar-refractivity contribution is 6.30. The van der Waals surface area contributed by atoms with E-state index in [0.29, 0.717) is 23.7 Å². The quantitative estimate of drug-likeness (QED) is 0.860. The molecular weight excluding hydrogens is 300 g/mol. The van der Waals surface area contributed by atoms with Gasteiger partial charge in [-0.3, -0.25) is 0 Å². The van der Waals surface area contributed by atoms with E-state index in [2.05, 4.69) is 5.32 Å². The molecular formula is C15H14Cl2FNO. The maximum absolute atomic E-state index is 14.0. The van der Waals surface area contributed by atoms with Crippen molar-refractivity contribution < 1.29 is 9.13 Å². The fourth-order valence-corrected chi connectivity index (χ4v) is 2.52. The summed E-state index contributed by atoms with van der Waals surface area (Å²) in [4.78, 5) is 0. The Morgan fingerprint density at radius 3 is 2.75 bits per heavy atom. The predicted molar refractivity (Wildman–Crippen MR) is 80.4 cm³/mol. The summed E-state index contributed by atoms with van der Waals surface area (Å²) in [6.07, 6.45) is 0. The van der Waals surface area contributed by atoms with Crippen molar-refractivity contribution in [3.8, 4) is 5.75 Å². The van der Waals surface area contributed by atoms with E-state index in [1.807, 2.05) is 18.2 Å². The molecule has 0 aliphatic carbocycles. The van der Waals surface area contributed by atoms with Crippen molar-refractivity contribution in [3.63, 3.8) is 0 Å². The highest BCUT2D eigenvalue weighted by Gasteiger charge is 2.23. The summed E-state index contributed by atoms with van der Waals surface area (Å²) in [6, 6.07) is 12.0. The number of rotatable bonds is 1. The van der Waals surface area contributed by atoms with Gasteiger partial charge in [0.1, 0.15) is 18.2 Å². The Bertz CT molecular complexity index is 606. The van der Waals surface area contributed by atoms with Crippen LogP contribution in [-0.4, -0.2) is 13.2 Å². The first-order valence-corrected chi connectivity index (χ1v) is 6.53. The zero-order valence-corrected chi connectivity index (χ0v) is 12.2. The van der Waals surface area contributed by atoms with Crippen molar-refractivity contribution in [1.29, 1.82) is 0 Å². The lowest BCUT2D eigenvalue weighted by Crippen LogP contribution is -2.24. The first-order valence-electron chi connectivity index (χ1n) is 6.16. The lowest BCUT2D eigenvalue weighted by atomic mass is 9.97. The van der Waals surface area contributed by atoms with E-state index >= 15 is 0 Å². The molecule has 0 saturated carbocycles. The van der Waals surface area contributed by atoms with Gasteiger partial charge in [-0.2, -0.15) is 0 Å². The summed E-state index contributed by atoms with van der Waals surface area (Å²) in [5.41, 5.74) is 1.48. The van der Waals surface area contributed by atoms with Crippen molar-refractivity contribution in [3.05, 3.63) is 64.4 Å². The van der Waals surface area contributed by atoms with Crippen molar-refractivity contribution in [2.45, 2.75) is 6.04 Å². The summed E-state index contributed by atoms with van der Waals surface area (Å²) in [6.45, 7) is 1.21. The molecule has 1 unspecified atom stereocenters. The zero-order valence-electron chi connectivity index (χ0n) is 10.6. The van der Waals surface area contributed by atoms with Gasteiger partial charge in [-0.25, -0.2) is 4.39 Å². The average Bonchev–Trinajstić information content (AvgIpc) is 2.61. The van der Waals surface area contributed by atoms with Crippen LogP contribution in [0.1, 0.15) is 17.2 Å². The second-order valence-corrected chi connectivity index (χ2v) is 4.88. The highest BCUT2D eigenvalue weighted by Crippen LogP contribution is 2.34. The highest BCUT2D eigenvalue weighted by atomic mass is 35.5. The number of ether oxygens (including phenoxy) is 1. The van der Waals surface area contributed by atoms with E-state index in [-0.39, 0.29) is 24.3 Å². The van der Waals surface area contributed by atoms with Gasteiger partial charge in [-0.1, -0.05) is 29.8 Å². The molecule has 0 aromatic heterocycles. The van der Waals surface area contributed by atoms with Gasteiger partial charge in [0.25, 0.3) is 0 Å². The minimum atomic E-state index is -0.239. The van der Waals surface area contributed by atoms with Gasteiger partial charge >= 0.3 is 0 Å². The lowest BCUT2D eigenvalue weighted by Gasteiger charge is -2.19. The van der Waals surface area contributed by atoms with Crippen LogP contribution in [0.5, 0.6) is 5.75 Å². The molecule has 3 rings (SSSR count). The van der Waals surface area contributed by atoms with Gasteiger partial charge in [-0.05, 0) is 24.3 Å². The van der Waals surface area contributed by atoms with E-state index < -0.39 is 0 Å². The standard InChI is InChI=1S/C15H13ClFNO.ClH/c16-10-5-6-14-12(9-10)15(18-7-8-19-14)11-3-1-2-4-13(11)17;/h1-6,9,15,18H,7-8H2;1H. The molecule has 1 heterocycles. The Hall–Kier alpha value is -1.29. The molecule has 1 atom stereocenters. The molecule has 0 bridgehead atoms. The fraction of sp³-hybridized carbons (Fsp3) is 0.200. The van der Waals surface area contributed by atoms with Crippen LogP contribution in [0.25, 0.3) is 0 Å². The molecule has 1 aliphatic heterocycles. The Labute approximate surface area is 128 Å². The van der Waals surface area contributed by atoms with Gasteiger partial charge < -0.3 is 10.1 Å². The number of nitrogens with one attached hydrogen (secondary N) is 1. The molecule has 1 aliphatic rings. The predicted octanol–water partition coefficient (Wildman–Crippen LogP) is 3.97. The van der Waals surface area contributed by atoms with Crippen LogP contribution in [0, 0.1) is 5.82 Å². The van der Waals surface area contributed by atoms with Crippen LogP contribution in [-0.2, 0) is 0 Å². The van der Waals surface area contributed by atoms with Crippen LogP contribution in [0.4, 0.5) is 4.39 Å². The summed E-state index contributed by atoms with van der Waals surface area (Å²) >= 11 is 6.05. The van der Waals surface area contributed by atoms with Gasteiger partial charge in [0.05, 0.1) is 6.04 Å². The van der Waals surface area contributed by atoms with Crippen molar-refractivity contribution in [2.24, 2.45) is 0 Å². The van der Waals surface area contributed by atoms with E-state index in [9.17, 15) is 4.39 Å². The number of hydrogen-bond donors (Lipinski definition) is 1. The fourth-order valence-electron chi connectivity index (χ4n) is 2.34. The zero-order chi connectivity index (χ0) is 13.2. The first kappa shape index (κ1) is 15.1. The van der Waals surface area contributed by atoms with Gasteiger partial charge in [-0.15, -0.1) is 12.4 Å². The normalized spacial score (nSPS) is 17.4. The van der Waals surface area contributed by atoms with E-state index in [4.69, 9.17) is 16.3 Å². The van der Waals surface area contributed by atoms with E-state index in [0.717, 1.165) is 11.3 Å². The van der Waals surface area contributed by atoms with Gasteiger partial charge in [0.15, 0.2) is 0 Å². The number of hydrogen-bond acceptors (Lipinski definition) is 2. The molecule has 0 spiro atoms. The first-order chi connectivity index (χ1) is 9.25. The molecule has 0 amide bonds. The maximum Gasteiger partial charge on any atom is 0.128 e. The third-order valence-electron chi connectivity index (χ3n) is 3.21. The summed E-state index contributed by atoms with van der Waals surface area (Å²) < 4.78 is 19.6. The third kappa shape index (κ3) is 2.90. The third-order valence-corrected chi connectivity index (χ3v) is 3.44. The maximum atomic E-state index is 14.0. The molecule has 2 aromatic rings. The Morgan fingerprint density at radius 1 is 1.15 bits per heavy atom. The molecule has 0 radical (unpaired) electrons. The van der Waals surface area contributed by atoms with Gasteiger partial charge in [0, 0.05) is 22.7 Å². The molecule has 0 saturated heterocycles. The molecule has 2 nitrogen and oxygen atoms in total. The number of benzene rings is 2. The van der Waals surface area contributed by atoms with Crippen molar-refractivity contribution in [1.82, 2.24) is 5.32 Å². The Kier molecular flexibility index (Phi) is 4.86. The minimum Gasteiger partial charge on any atom is -0.492 e. The molecule has 20 heavy (non-hydrogen) atoms. The molecule has 1 N–H and O–H groups in total. The smallest absolute Gasteiger partial charge is 0.128 e. The Balaban J connectivity index is 0.00000147. The van der Waals surface area contributed by atoms with Crippen LogP contribution >= 0.6 is 24.0 Å². The van der Waals surface area contributed by atoms with E-state index in [1.165, 1.54) is 6.07 Å². The van der Waals surface area contributed by atoms with Crippen LogP contribution in [0.2, 0.25) is 5.02 Å². The molecule has 106 valence electrons. The number of fused-ring (bicyclic) bond motifs is 1. The molecule has 5 heteroatoms. The van der Waals surface area contributed by atoms with Crippen molar-refractivity contribution >= 4 is 24.0 Å². The summed E-state index contributed by atoms with van der Waals surface area (Å²) in [7, 11) is 0. The van der Waals surface area contributed by atoms with E-state index in [1.54, 1.807) is 18.2 Å². The van der Waals surface area contributed by atoms with Gasteiger partial charge in [0.2, 0.25) is 0 Å². The van der Waals surface area contributed by atoms with Crippen LogP contribution in [0.15, 0.2) is 42.5 Å². The number of halogens is 3.